The van der Waals surface area contributed by atoms with E-state index in [1.54, 1.807) is 30.3 Å². The molecule has 1 N–H and O–H groups in total. The first kappa shape index (κ1) is 25.7. The van der Waals surface area contributed by atoms with E-state index in [1.807, 2.05) is 0 Å². The van der Waals surface area contributed by atoms with Crippen LogP contribution in [0, 0.1) is 0 Å². The third kappa shape index (κ3) is 6.49. The van der Waals surface area contributed by atoms with Gasteiger partial charge in [0.25, 0.3) is 0 Å². The van der Waals surface area contributed by atoms with Gasteiger partial charge in [-0.15, -0.1) is 0 Å². The Labute approximate surface area is 180 Å². The number of ether oxygens (including phenoxy) is 2. The van der Waals surface area contributed by atoms with Gasteiger partial charge in [0.1, 0.15) is 17.6 Å². The Morgan fingerprint density at radius 1 is 0.938 bits per heavy atom. The Morgan fingerprint density at radius 3 is 2.09 bits per heavy atom. The zero-order chi connectivity index (χ0) is 24.2. The van der Waals surface area contributed by atoms with Crippen molar-refractivity contribution in [2.75, 3.05) is 13.6 Å². The minimum Gasteiger partial charge on any atom is -0.486 e. The molecule has 2 aromatic carbocycles. The Bertz CT molecular complexity index is 860. The van der Waals surface area contributed by atoms with E-state index >= 15 is 0 Å². The molecule has 0 amide bonds. The van der Waals surface area contributed by atoms with Gasteiger partial charge in [0, 0.05) is 13.0 Å². The van der Waals surface area contributed by atoms with Crippen molar-refractivity contribution in [3.05, 3.63) is 60.2 Å². The lowest BCUT2D eigenvalue weighted by molar-refractivity contribution is -0.304. The highest BCUT2D eigenvalue weighted by Crippen LogP contribution is 2.35. The third-order valence-electron chi connectivity index (χ3n) is 4.77. The number of benzene rings is 2. The fourth-order valence-electron chi connectivity index (χ4n) is 2.68. The maximum atomic E-state index is 13.3. The molecular weight excluding hydrogens is 447 g/mol. The van der Waals surface area contributed by atoms with Crippen molar-refractivity contribution in [2.24, 2.45) is 0 Å². The van der Waals surface area contributed by atoms with E-state index in [-0.39, 0.29) is 18.5 Å². The standard InChI is InChI=1S/C21H22F7NO3/c1-19(30,21(26,27)28)29(2)12-11-17(31-15-8-4-3-5-9-15)14-7-6-10-16(13-14)32-20(24,25)18(22)23/h3-10,13,17-18,30H,11-12H2,1-2H3. The van der Waals surface area contributed by atoms with Crippen LogP contribution >= 0.6 is 0 Å². The van der Waals surface area contributed by atoms with Crippen LogP contribution in [-0.2, 0) is 0 Å². The van der Waals surface area contributed by atoms with Crippen LogP contribution in [0.2, 0.25) is 0 Å². The van der Waals surface area contributed by atoms with Crippen molar-refractivity contribution in [1.82, 2.24) is 4.90 Å². The molecule has 11 heteroatoms. The second kappa shape index (κ2) is 9.95. The molecule has 0 radical (unpaired) electrons. The molecule has 0 aliphatic heterocycles. The summed E-state index contributed by atoms with van der Waals surface area (Å²) >= 11 is 0. The van der Waals surface area contributed by atoms with E-state index in [4.69, 9.17) is 4.74 Å². The van der Waals surface area contributed by atoms with Crippen LogP contribution in [0.25, 0.3) is 0 Å². The van der Waals surface area contributed by atoms with Crippen molar-refractivity contribution in [2.45, 2.75) is 43.9 Å². The first-order chi connectivity index (χ1) is 14.7. The molecule has 0 spiro atoms. The molecule has 0 aliphatic rings. The molecule has 2 rings (SSSR count). The van der Waals surface area contributed by atoms with Gasteiger partial charge in [-0.2, -0.15) is 30.7 Å². The quantitative estimate of drug-likeness (QED) is 0.362. The maximum absolute atomic E-state index is 13.3. The normalized spacial score (nSPS) is 15.5. The molecule has 4 nitrogen and oxygen atoms in total. The predicted octanol–water partition coefficient (Wildman–Crippen LogP) is 5.64. The van der Waals surface area contributed by atoms with Crippen LogP contribution in [-0.4, -0.2) is 48.0 Å². The summed E-state index contributed by atoms with van der Waals surface area (Å²) in [7, 11) is 1.07. The predicted molar refractivity (Wildman–Crippen MR) is 102 cm³/mol. The molecule has 0 bridgehead atoms. The Kier molecular flexibility index (Phi) is 8.00. The van der Waals surface area contributed by atoms with E-state index < -0.39 is 36.3 Å². The highest BCUT2D eigenvalue weighted by molar-refractivity contribution is 5.32. The summed E-state index contributed by atoms with van der Waals surface area (Å²) in [6, 6.07) is 12.9. The highest BCUT2D eigenvalue weighted by Gasteiger charge is 2.52. The Balaban J connectivity index is 2.27. The first-order valence-corrected chi connectivity index (χ1v) is 9.41. The summed E-state index contributed by atoms with van der Waals surface area (Å²) < 4.78 is 101. The number of hydrogen-bond donors (Lipinski definition) is 1. The van der Waals surface area contributed by atoms with E-state index in [9.17, 15) is 35.8 Å². The summed E-state index contributed by atoms with van der Waals surface area (Å²) in [4.78, 5) is 0.666. The molecule has 2 aromatic rings. The zero-order valence-electron chi connectivity index (χ0n) is 17.1. The Morgan fingerprint density at radius 2 is 1.53 bits per heavy atom. The lowest BCUT2D eigenvalue weighted by Crippen LogP contribution is -2.55. The number of nitrogens with zero attached hydrogens (tertiary/aromatic N) is 1. The van der Waals surface area contributed by atoms with Crippen molar-refractivity contribution >= 4 is 0 Å². The SMILES string of the molecule is CN(CCC(Oc1ccccc1)c1cccc(OC(F)(F)C(F)F)c1)C(C)(O)C(F)(F)F. The van der Waals surface area contributed by atoms with E-state index in [0.717, 1.165) is 19.2 Å². The number of rotatable bonds is 10. The van der Waals surface area contributed by atoms with Crippen molar-refractivity contribution in [1.29, 1.82) is 0 Å². The summed E-state index contributed by atoms with van der Waals surface area (Å²) in [5.41, 5.74) is -2.91. The number of para-hydroxylation sites is 1. The van der Waals surface area contributed by atoms with Crippen LogP contribution in [0.3, 0.4) is 0 Å². The number of alkyl halides is 7. The maximum Gasteiger partial charge on any atom is 0.461 e. The fraction of sp³-hybridized carbons (Fsp3) is 0.429. The molecule has 32 heavy (non-hydrogen) atoms. The highest BCUT2D eigenvalue weighted by atomic mass is 19.4. The van der Waals surface area contributed by atoms with Crippen LogP contribution in [0.4, 0.5) is 30.7 Å². The van der Waals surface area contributed by atoms with E-state index in [1.165, 1.54) is 12.1 Å². The number of halogens is 7. The van der Waals surface area contributed by atoms with Gasteiger partial charge >= 0.3 is 18.7 Å². The van der Waals surface area contributed by atoms with Gasteiger partial charge in [-0.05, 0) is 43.8 Å². The van der Waals surface area contributed by atoms with Gasteiger partial charge in [0.2, 0.25) is 5.72 Å². The molecule has 2 atom stereocenters. The summed E-state index contributed by atoms with van der Waals surface area (Å²) in [5.74, 6) is -0.225. The summed E-state index contributed by atoms with van der Waals surface area (Å²) in [5, 5.41) is 9.80. The molecule has 178 valence electrons. The lowest BCUT2D eigenvalue weighted by atomic mass is 10.0. The Hall–Kier alpha value is -2.53. The minimum absolute atomic E-state index is 0.105. The fourth-order valence-corrected chi connectivity index (χ4v) is 2.68. The number of hydrogen-bond acceptors (Lipinski definition) is 4. The molecule has 0 aromatic heterocycles. The summed E-state index contributed by atoms with van der Waals surface area (Å²) in [6.07, 6.45) is -14.8. The van der Waals surface area contributed by atoms with E-state index in [2.05, 4.69) is 4.74 Å². The third-order valence-corrected chi connectivity index (χ3v) is 4.77. The van der Waals surface area contributed by atoms with Crippen LogP contribution in [0.5, 0.6) is 11.5 Å². The topological polar surface area (TPSA) is 41.9 Å². The first-order valence-electron chi connectivity index (χ1n) is 9.41. The molecule has 0 saturated carbocycles. The monoisotopic (exact) mass is 469 g/mol. The van der Waals surface area contributed by atoms with Gasteiger partial charge in [-0.1, -0.05) is 30.3 Å². The van der Waals surface area contributed by atoms with Crippen LogP contribution in [0.15, 0.2) is 54.6 Å². The lowest BCUT2D eigenvalue weighted by Gasteiger charge is -2.36. The molecule has 0 aliphatic carbocycles. The second-order valence-electron chi connectivity index (χ2n) is 7.19. The minimum atomic E-state index is -4.92. The van der Waals surface area contributed by atoms with Crippen LogP contribution < -0.4 is 9.47 Å². The zero-order valence-corrected chi connectivity index (χ0v) is 17.1. The average molecular weight is 469 g/mol. The van der Waals surface area contributed by atoms with Gasteiger partial charge in [0.15, 0.2) is 0 Å². The molecular formula is C21H22F7NO3. The average Bonchev–Trinajstić information content (AvgIpc) is 2.70. The smallest absolute Gasteiger partial charge is 0.461 e. The van der Waals surface area contributed by atoms with E-state index in [0.29, 0.717) is 17.6 Å². The molecule has 2 unspecified atom stereocenters. The summed E-state index contributed by atoms with van der Waals surface area (Å²) in [6.45, 7) is 0.295. The van der Waals surface area contributed by atoms with Crippen molar-refractivity contribution in [3.63, 3.8) is 0 Å². The van der Waals surface area contributed by atoms with Gasteiger partial charge in [0.05, 0.1) is 0 Å². The van der Waals surface area contributed by atoms with Gasteiger partial charge in [-0.3, -0.25) is 4.90 Å². The number of aliphatic hydroxyl groups is 1. The molecule has 0 heterocycles. The van der Waals surface area contributed by atoms with Gasteiger partial charge < -0.3 is 14.6 Å². The second-order valence-corrected chi connectivity index (χ2v) is 7.19. The van der Waals surface area contributed by atoms with Crippen molar-refractivity contribution < 1.29 is 45.3 Å². The van der Waals surface area contributed by atoms with Gasteiger partial charge in [-0.25, -0.2) is 0 Å². The van der Waals surface area contributed by atoms with Crippen LogP contribution in [0.1, 0.15) is 25.0 Å². The van der Waals surface area contributed by atoms with Crippen molar-refractivity contribution in [3.8, 4) is 11.5 Å². The molecule has 0 fully saturated rings. The molecule has 0 saturated heterocycles. The largest absolute Gasteiger partial charge is 0.486 e.